The first-order valence-corrected chi connectivity index (χ1v) is 9.27. The third-order valence-electron chi connectivity index (χ3n) is 4.43. The molecule has 0 aromatic heterocycles. The van der Waals surface area contributed by atoms with Gasteiger partial charge in [0, 0.05) is 12.2 Å². The molecule has 1 N–H and O–H groups in total. The standard InChI is InChI=1S/C23H33NO2/c1-22(2,3)17-8-13-21(20(16-17)23(4,5)6)26-15-14-24-18-9-11-19(25-7)12-10-18/h8-13,16,24H,14-15H2,1-7H3. The van der Waals surface area contributed by atoms with Crippen LogP contribution in [0.4, 0.5) is 5.69 Å². The molecule has 2 rings (SSSR count). The maximum Gasteiger partial charge on any atom is 0.123 e. The van der Waals surface area contributed by atoms with Gasteiger partial charge in [0.05, 0.1) is 7.11 Å². The normalized spacial score (nSPS) is 12.0. The van der Waals surface area contributed by atoms with Gasteiger partial charge in [-0.05, 0) is 52.3 Å². The molecule has 0 atom stereocenters. The molecule has 3 nitrogen and oxygen atoms in total. The van der Waals surface area contributed by atoms with E-state index in [4.69, 9.17) is 9.47 Å². The minimum atomic E-state index is 0.0417. The lowest BCUT2D eigenvalue weighted by Crippen LogP contribution is -2.19. The summed E-state index contributed by atoms with van der Waals surface area (Å²) in [6, 6.07) is 14.5. The van der Waals surface area contributed by atoms with Crippen LogP contribution in [0.2, 0.25) is 0 Å². The van der Waals surface area contributed by atoms with Crippen molar-refractivity contribution in [3.63, 3.8) is 0 Å². The summed E-state index contributed by atoms with van der Waals surface area (Å²) in [5, 5.41) is 3.38. The Morgan fingerprint density at radius 1 is 0.846 bits per heavy atom. The number of rotatable bonds is 6. The molecule has 0 saturated carbocycles. The number of ether oxygens (including phenoxy) is 2. The van der Waals surface area contributed by atoms with Crippen LogP contribution in [0.15, 0.2) is 42.5 Å². The molecule has 3 heteroatoms. The van der Waals surface area contributed by atoms with Crippen molar-refractivity contribution in [2.24, 2.45) is 0 Å². The average molecular weight is 356 g/mol. The van der Waals surface area contributed by atoms with Gasteiger partial charge >= 0.3 is 0 Å². The molecule has 142 valence electrons. The third-order valence-corrected chi connectivity index (χ3v) is 4.43. The summed E-state index contributed by atoms with van der Waals surface area (Å²) in [5.74, 6) is 1.84. The highest BCUT2D eigenvalue weighted by Crippen LogP contribution is 2.35. The lowest BCUT2D eigenvalue weighted by Gasteiger charge is -2.27. The molecule has 0 aliphatic heterocycles. The van der Waals surface area contributed by atoms with Crippen LogP contribution in [0.25, 0.3) is 0 Å². The molecule has 2 aromatic rings. The average Bonchev–Trinajstić information content (AvgIpc) is 2.57. The number of anilines is 1. The molecule has 0 radical (unpaired) electrons. The van der Waals surface area contributed by atoms with Crippen molar-refractivity contribution in [1.29, 1.82) is 0 Å². The molecule has 0 bridgehead atoms. The molecule has 0 fully saturated rings. The van der Waals surface area contributed by atoms with Gasteiger partial charge in [0.25, 0.3) is 0 Å². The van der Waals surface area contributed by atoms with Gasteiger partial charge in [0.1, 0.15) is 18.1 Å². The number of methoxy groups -OCH3 is 1. The van der Waals surface area contributed by atoms with Crippen LogP contribution in [0.3, 0.4) is 0 Å². The van der Waals surface area contributed by atoms with E-state index >= 15 is 0 Å². The zero-order valence-corrected chi connectivity index (χ0v) is 17.3. The van der Waals surface area contributed by atoms with Gasteiger partial charge < -0.3 is 14.8 Å². The molecule has 0 aliphatic carbocycles. The van der Waals surface area contributed by atoms with Gasteiger partial charge in [-0.3, -0.25) is 0 Å². The number of nitrogens with one attached hydrogen (secondary N) is 1. The summed E-state index contributed by atoms with van der Waals surface area (Å²) in [5.41, 5.74) is 3.84. The summed E-state index contributed by atoms with van der Waals surface area (Å²) in [7, 11) is 1.67. The quantitative estimate of drug-likeness (QED) is 0.666. The van der Waals surface area contributed by atoms with E-state index in [1.165, 1.54) is 11.1 Å². The van der Waals surface area contributed by atoms with Crippen molar-refractivity contribution in [2.75, 3.05) is 25.6 Å². The molecule has 0 heterocycles. The molecule has 0 aliphatic rings. The monoisotopic (exact) mass is 355 g/mol. The van der Waals surface area contributed by atoms with Crippen LogP contribution in [-0.4, -0.2) is 20.3 Å². The van der Waals surface area contributed by atoms with Crippen molar-refractivity contribution in [3.8, 4) is 11.5 Å². The highest BCUT2D eigenvalue weighted by molar-refractivity contribution is 5.46. The lowest BCUT2D eigenvalue weighted by molar-refractivity contribution is 0.322. The first kappa shape index (κ1) is 20.2. The van der Waals surface area contributed by atoms with Crippen molar-refractivity contribution in [2.45, 2.75) is 52.4 Å². The van der Waals surface area contributed by atoms with Gasteiger partial charge in [-0.1, -0.05) is 53.7 Å². The Morgan fingerprint density at radius 3 is 2.04 bits per heavy atom. The number of hydrogen-bond donors (Lipinski definition) is 1. The summed E-state index contributed by atoms with van der Waals surface area (Å²) < 4.78 is 11.3. The molecule has 0 amide bonds. The van der Waals surface area contributed by atoms with Crippen molar-refractivity contribution in [1.82, 2.24) is 0 Å². The number of benzene rings is 2. The van der Waals surface area contributed by atoms with Crippen LogP contribution < -0.4 is 14.8 Å². The van der Waals surface area contributed by atoms with E-state index in [2.05, 4.69) is 65.1 Å². The fourth-order valence-electron chi connectivity index (χ4n) is 2.77. The van der Waals surface area contributed by atoms with Crippen LogP contribution in [0.1, 0.15) is 52.7 Å². The van der Waals surface area contributed by atoms with Crippen LogP contribution in [-0.2, 0) is 10.8 Å². The minimum Gasteiger partial charge on any atom is -0.497 e. The number of hydrogen-bond acceptors (Lipinski definition) is 3. The molecule has 2 aromatic carbocycles. The molecular weight excluding hydrogens is 322 g/mol. The molecular formula is C23H33NO2. The Morgan fingerprint density at radius 2 is 1.50 bits per heavy atom. The topological polar surface area (TPSA) is 30.5 Å². The highest BCUT2D eigenvalue weighted by Gasteiger charge is 2.22. The van der Waals surface area contributed by atoms with Crippen LogP contribution in [0, 0.1) is 0 Å². The molecule has 0 spiro atoms. The first-order chi connectivity index (χ1) is 12.1. The van der Waals surface area contributed by atoms with Gasteiger partial charge in [0.2, 0.25) is 0 Å². The maximum absolute atomic E-state index is 6.11. The lowest BCUT2D eigenvalue weighted by atomic mass is 9.80. The van der Waals surface area contributed by atoms with Crippen molar-refractivity contribution in [3.05, 3.63) is 53.6 Å². The smallest absolute Gasteiger partial charge is 0.123 e. The summed E-state index contributed by atoms with van der Waals surface area (Å²) in [4.78, 5) is 0. The SMILES string of the molecule is COc1ccc(NCCOc2ccc(C(C)(C)C)cc2C(C)(C)C)cc1. The summed E-state index contributed by atoms with van der Waals surface area (Å²) in [6.45, 7) is 14.8. The zero-order valence-electron chi connectivity index (χ0n) is 17.3. The van der Waals surface area contributed by atoms with E-state index in [-0.39, 0.29) is 10.8 Å². The van der Waals surface area contributed by atoms with E-state index < -0.39 is 0 Å². The van der Waals surface area contributed by atoms with E-state index in [1.54, 1.807) is 7.11 Å². The second kappa shape index (κ2) is 8.03. The summed E-state index contributed by atoms with van der Waals surface area (Å²) >= 11 is 0. The predicted molar refractivity (Wildman–Crippen MR) is 111 cm³/mol. The highest BCUT2D eigenvalue weighted by atomic mass is 16.5. The van der Waals surface area contributed by atoms with Gasteiger partial charge in [-0.25, -0.2) is 0 Å². The largest absolute Gasteiger partial charge is 0.497 e. The summed E-state index contributed by atoms with van der Waals surface area (Å²) in [6.07, 6.45) is 0. The fourth-order valence-corrected chi connectivity index (χ4v) is 2.77. The van der Waals surface area contributed by atoms with Crippen molar-refractivity contribution < 1.29 is 9.47 Å². The second-order valence-electron chi connectivity index (χ2n) is 8.71. The van der Waals surface area contributed by atoms with E-state index in [0.29, 0.717) is 6.61 Å². The Bertz CT molecular complexity index is 706. The second-order valence-corrected chi connectivity index (χ2v) is 8.71. The third kappa shape index (κ3) is 5.42. The van der Waals surface area contributed by atoms with Crippen LogP contribution in [0.5, 0.6) is 11.5 Å². The Labute approximate surface area is 158 Å². The van der Waals surface area contributed by atoms with E-state index in [0.717, 1.165) is 23.7 Å². The van der Waals surface area contributed by atoms with E-state index in [9.17, 15) is 0 Å². The maximum atomic E-state index is 6.11. The van der Waals surface area contributed by atoms with Crippen LogP contribution >= 0.6 is 0 Å². The molecule has 0 saturated heterocycles. The molecule has 26 heavy (non-hydrogen) atoms. The van der Waals surface area contributed by atoms with Gasteiger partial charge in [0.15, 0.2) is 0 Å². The Balaban J connectivity index is 2.01. The van der Waals surface area contributed by atoms with E-state index in [1.807, 2.05) is 24.3 Å². The predicted octanol–water partition coefficient (Wildman–Crippen LogP) is 5.78. The fraction of sp³-hybridized carbons (Fsp3) is 0.478. The minimum absolute atomic E-state index is 0.0417. The Kier molecular flexibility index (Phi) is 6.22. The Hall–Kier alpha value is -2.16. The van der Waals surface area contributed by atoms with Gasteiger partial charge in [-0.15, -0.1) is 0 Å². The zero-order chi connectivity index (χ0) is 19.4. The molecule has 0 unspecified atom stereocenters. The van der Waals surface area contributed by atoms with Crippen molar-refractivity contribution >= 4 is 5.69 Å². The van der Waals surface area contributed by atoms with Gasteiger partial charge in [-0.2, -0.15) is 0 Å². The first-order valence-electron chi connectivity index (χ1n) is 9.27.